The molecule has 2 amide bonds. The van der Waals surface area contributed by atoms with E-state index in [1.54, 1.807) is 0 Å². The van der Waals surface area contributed by atoms with Crippen LogP contribution in [0, 0.1) is 11.3 Å². The van der Waals surface area contributed by atoms with Gasteiger partial charge in [0.25, 0.3) is 0 Å². The van der Waals surface area contributed by atoms with Gasteiger partial charge in [-0.2, -0.15) is 5.26 Å². The fraction of sp³-hybridized carbons (Fsp3) is 0.267. The van der Waals surface area contributed by atoms with Gasteiger partial charge < -0.3 is 19.9 Å². The lowest BCUT2D eigenvalue weighted by atomic mass is 10.1. The van der Waals surface area contributed by atoms with Crippen LogP contribution in [0.2, 0.25) is 0 Å². The Hall–Kier alpha value is -4.24. The van der Waals surface area contributed by atoms with Crippen LogP contribution in [0.4, 0.5) is 10.5 Å². The fourth-order valence-corrected chi connectivity index (χ4v) is 4.43. The summed E-state index contributed by atoms with van der Waals surface area (Å²) in [4.78, 5) is 12.5. The van der Waals surface area contributed by atoms with Crippen LogP contribution in [0.15, 0.2) is 72.8 Å². The number of carbonyl (C=O) groups excluding carboxylic acids is 1. The van der Waals surface area contributed by atoms with Crippen LogP contribution in [-0.2, 0) is 13.0 Å². The lowest BCUT2D eigenvalue weighted by Gasteiger charge is -2.13. The van der Waals surface area contributed by atoms with Crippen LogP contribution in [0.25, 0.3) is 22.2 Å². The van der Waals surface area contributed by atoms with E-state index in [0.717, 1.165) is 53.7 Å². The van der Waals surface area contributed by atoms with Gasteiger partial charge in [-0.1, -0.05) is 55.8 Å². The largest absolute Gasteiger partial charge is 0.494 e. The molecule has 0 unspecified atom stereocenters. The van der Waals surface area contributed by atoms with Crippen LogP contribution in [0.5, 0.6) is 5.75 Å². The van der Waals surface area contributed by atoms with Crippen LogP contribution >= 0.6 is 0 Å². The zero-order valence-corrected chi connectivity index (χ0v) is 20.9. The van der Waals surface area contributed by atoms with Crippen molar-refractivity contribution in [1.82, 2.24) is 9.88 Å². The van der Waals surface area contributed by atoms with Gasteiger partial charge in [0, 0.05) is 35.8 Å². The third-order valence-corrected chi connectivity index (χ3v) is 6.13. The summed E-state index contributed by atoms with van der Waals surface area (Å²) in [5.74, 6) is 0.791. The number of aromatic nitrogens is 1. The number of unbranched alkanes of at least 4 members (excludes halogenated alkanes) is 1. The number of carbonyl (C=O) groups is 1. The predicted octanol–water partition coefficient (Wildman–Crippen LogP) is 6.74. The number of benzene rings is 3. The minimum Gasteiger partial charge on any atom is -0.494 e. The summed E-state index contributed by atoms with van der Waals surface area (Å²) in [6.45, 7) is 6.03. The van der Waals surface area contributed by atoms with Crippen LogP contribution < -0.4 is 15.4 Å². The molecule has 1 heterocycles. The molecule has 0 bridgehead atoms. The number of urea groups is 1. The van der Waals surface area contributed by atoms with E-state index in [-0.39, 0.29) is 6.03 Å². The van der Waals surface area contributed by atoms with Crippen molar-refractivity contribution in [3.05, 3.63) is 83.9 Å². The molecule has 0 saturated carbocycles. The quantitative estimate of drug-likeness (QED) is 0.264. The molecule has 2 N–H and O–H groups in total. The van der Waals surface area contributed by atoms with Crippen molar-refractivity contribution in [1.29, 1.82) is 5.26 Å². The first-order chi connectivity index (χ1) is 17.6. The van der Waals surface area contributed by atoms with Crippen molar-refractivity contribution in [3.63, 3.8) is 0 Å². The van der Waals surface area contributed by atoms with E-state index in [2.05, 4.69) is 28.2 Å². The Morgan fingerprint density at radius 1 is 1.03 bits per heavy atom. The topological polar surface area (TPSA) is 79.1 Å². The number of amides is 2. The Morgan fingerprint density at radius 2 is 1.86 bits per heavy atom. The summed E-state index contributed by atoms with van der Waals surface area (Å²) >= 11 is 0. The predicted molar refractivity (Wildman–Crippen MR) is 145 cm³/mol. The Kier molecular flexibility index (Phi) is 8.25. The molecule has 3 aromatic carbocycles. The Bertz CT molecular complexity index is 1370. The first kappa shape index (κ1) is 24.9. The van der Waals surface area contributed by atoms with Crippen molar-refractivity contribution in [2.75, 3.05) is 18.5 Å². The van der Waals surface area contributed by atoms with Crippen molar-refractivity contribution in [3.8, 4) is 23.1 Å². The number of hydrogen-bond acceptors (Lipinski definition) is 3. The lowest BCUT2D eigenvalue weighted by Crippen LogP contribution is -2.30. The summed E-state index contributed by atoms with van der Waals surface area (Å²) in [6, 6.07) is 25.8. The van der Waals surface area contributed by atoms with Gasteiger partial charge >= 0.3 is 6.03 Å². The van der Waals surface area contributed by atoms with Gasteiger partial charge in [-0.15, -0.1) is 0 Å². The number of anilines is 1. The molecular formula is C30H32N4O2. The first-order valence-electron chi connectivity index (χ1n) is 12.5. The number of ether oxygens (including phenoxy) is 1. The fourth-order valence-electron chi connectivity index (χ4n) is 4.43. The molecule has 0 atom stereocenters. The molecule has 1 aromatic heterocycles. The van der Waals surface area contributed by atoms with E-state index in [0.29, 0.717) is 24.4 Å². The van der Waals surface area contributed by atoms with Gasteiger partial charge in [0.05, 0.1) is 23.4 Å². The molecule has 0 aliphatic rings. The second-order valence-electron chi connectivity index (χ2n) is 8.65. The van der Waals surface area contributed by atoms with Gasteiger partial charge in [0.15, 0.2) is 0 Å². The van der Waals surface area contributed by atoms with Gasteiger partial charge in [-0.05, 0) is 49.6 Å². The molecule has 6 nitrogen and oxygen atoms in total. The second-order valence-corrected chi connectivity index (χ2v) is 8.65. The number of aryl methyl sites for hydroxylation is 1. The number of nitrogens with one attached hydrogen (secondary N) is 2. The Morgan fingerprint density at radius 3 is 2.61 bits per heavy atom. The molecule has 0 aliphatic heterocycles. The third kappa shape index (κ3) is 5.69. The van der Waals surface area contributed by atoms with E-state index in [1.807, 2.05) is 79.7 Å². The highest BCUT2D eigenvalue weighted by Gasteiger charge is 2.19. The highest BCUT2D eigenvalue weighted by Crippen LogP contribution is 2.36. The van der Waals surface area contributed by atoms with E-state index >= 15 is 0 Å². The maximum absolute atomic E-state index is 12.5. The van der Waals surface area contributed by atoms with Crippen molar-refractivity contribution in [2.45, 2.75) is 39.7 Å². The second kappa shape index (κ2) is 11.9. The molecular weight excluding hydrogens is 448 g/mol. The Balaban J connectivity index is 1.61. The third-order valence-electron chi connectivity index (χ3n) is 6.13. The zero-order chi connectivity index (χ0) is 25.3. The molecule has 36 heavy (non-hydrogen) atoms. The zero-order valence-electron chi connectivity index (χ0n) is 20.9. The number of nitriles is 1. The highest BCUT2D eigenvalue weighted by molar-refractivity contribution is 5.96. The molecule has 4 rings (SSSR count). The standard InChI is InChI=1S/C30H32N4O2/c1-3-5-18-34-28-20-25(36-4-2)14-15-26(28)27(21-31)29(34)23-12-9-13-24(19-23)33-30(35)32-17-16-22-10-7-6-8-11-22/h6-15,19-20H,3-5,16-18H2,1-2H3,(H2,32,33,35). The summed E-state index contributed by atoms with van der Waals surface area (Å²) in [5.41, 5.74) is 5.22. The minimum atomic E-state index is -0.253. The molecule has 4 aromatic rings. The summed E-state index contributed by atoms with van der Waals surface area (Å²) in [7, 11) is 0. The van der Waals surface area contributed by atoms with Crippen LogP contribution in [-0.4, -0.2) is 23.7 Å². The normalized spacial score (nSPS) is 10.7. The maximum atomic E-state index is 12.5. The molecule has 0 saturated heterocycles. The monoisotopic (exact) mass is 480 g/mol. The molecule has 0 aliphatic carbocycles. The van der Waals surface area contributed by atoms with E-state index < -0.39 is 0 Å². The molecule has 0 fully saturated rings. The van der Waals surface area contributed by atoms with Crippen molar-refractivity contribution < 1.29 is 9.53 Å². The van der Waals surface area contributed by atoms with Gasteiger partial charge in [0.2, 0.25) is 0 Å². The van der Waals surface area contributed by atoms with Crippen molar-refractivity contribution >= 4 is 22.6 Å². The molecule has 184 valence electrons. The average Bonchev–Trinajstić information content (AvgIpc) is 3.21. The van der Waals surface area contributed by atoms with Gasteiger partial charge in [-0.3, -0.25) is 0 Å². The highest BCUT2D eigenvalue weighted by atomic mass is 16.5. The number of fused-ring (bicyclic) bond motifs is 1. The number of nitrogens with zero attached hydrogens (tertiary/aromatic N) is 2. The first-order valence-corrected chi connectivity index (χ1v) is 12.5. The van der Waals surface area contributed by atoms with Crippen LogP contribution in [0.1, 0.15) is 37.8 Å². The molecule has 0 radical (unpaired) electrons. The molecule has 6 heteroatoms. The maximum Gasteiger partial charge on any atom is 0.319 e. The molecule has 0 spiro atoms. The Labute approximate surface area is 212 Å². The SMILES string of the molecule is CCCCn1c(-c2cccc(NC(=O)NCCc3ccccc3)c2)c(C#N)c2ccc(OCC)cc21. The lowest BCUT2D eigenvalue weighted by molar-refractivity contribution is 0.252. The minimum absolute atomic E-state index is 0.253. The smallest absolute Gasteiger partial charge is 0.319 e. The number of hydrogen-bond donors (Lipinski definition) is 2. The van der Waals surface area contributed by atoms with E-state index in [9.17, 15) is 10.1 Å². The van der Waals surface area contributed by atoms with E-state index in [1.165, 1.54) is 5.56 Å². The number of rotatable bonds is 10. The van der Waals surface area contributed by atoms with E-state index in [4.69, 9.17) is 4.74 Å². The van der Waals surface area contributed by atoms with Crippen LogP contribution in [0.3, 0.4) is 0 Å². The summed E-state index contributed by atoms with van der Waals surface area (Å²) < 4.78 is 7.94. The van der Waals surface area contributed by atoms with Gasteiger partial charge in [0.1, 0.15) is 11.8 Å². The average molecular weight is 481 g/mol. The summed E-state index contributed by atoms with van der Waals surface area (Å²) in [5, 5.41) is 16.9. The van der Waals surface area contributed by atoms with Gasteiger partial charge in [-0.25, -0.2) is 4.79 Å². The summed E-state index contributed by atoms with van der Waals surface area (Å²) in [6.07, 6.45) is 2.79. The van der Waals surface area contributed by atoms with Crippen molar-refractivity contribution in [2.24, 2.45) is 0 Å².